The molecule has 7 heteroatoms. The lowest BCUT2D eigenvalue weighted by Crippen LogP contribution is -2.56. The minimum atomic E-state index is -0.0152. The van der Waals surface area contributed by atoms with Gasteiger partial charge in [0.05, 0.1) is 31.8 Å². The van der Waals surface area contributed by atoms with Gasteiger partial charge in [-0.1, -0.05) is 19.3 Å². The third kappa shape index (κ3) is 4.54. The molecule has 1 atom stereocenters. The van der Waals surface area contributed by atoms with Gasteiger partial charge in [0.25, 0.3) is 0 Å². The number of ether oxygens (including phenoxy) is 1. The Hall–Kier alpha value is -2.09. The van der Waals surface area contributed by atoms with Crippen LogP contribution in [-0.2, 0) is 17.3 Å². The second-order valence-electron chi connectivity index (χ2n) is 11.7. The molecule has 2 aliphatic heterocycles. The number of carbonyl (C=O) groups excluding carboxylic acids is 1. The topological polar surface area (TPSA) is 61.2 Å². The van der Waals surface area contributed by atoms with Crippen molar-refractivity contribution in [2.75, 3.05) is 60.5 Å². The van der Waals surface area contributed by atoms with Crippen molar-refractivity contribution in [2.24, 2.45) is 13.0 Å². The van der Waals surface area contributed by atoms with Crippen LogP contribution in [0.25, 0.3) is 10.9 Å². The van der Waals surface area contributed by atoms with E-state index < -0.39 is 0 Å². The van der Waals surface area contributed by atoms with E-state index in [4.69, 9.17) is 4.74 Å². The van der Waals surface area contributed by atoms with Gasteiger partial charge >= 0.3 is 0 Å². The maximum absolute atomic E-state index is 12.9. The highest BCUT2D eigenvalue weighted by Gasteiger charge is 2.48. The van der Waals surface area contributed by atoms with Crippen molar-refractivity contribution in [3.63, 3.8) is 0 Å². The van der Waals surface area contributed by atoms with Crippen LogP contribution in [0.4, 0.5) is 0 Å². The first kappa shape index (κ1) is 25.6. The summed E-state index contributed by atoms with van der Waals surface area (Å²) < 4.78 is 7.88. The lowest BCUT2D eigenvalue weighted by atomic mass is 9.68. The highest BCUT2D eigenvalue weighted by Crippen LogP contribution is 2.50. The third-order valence-corrected chi connectivity index (χ3v) is 9.16. The lowest BCUT2D eigenvalue weighted by molar-refractivity contribution is -0.133. The van der Waals surface area contributed by atoms with Crippen LogP contribution in [0.2, 0.25) is 0 Å². The van der Waals surface area contributed by atoms with Gasteiger partial charge in [0, 0.05) is 55.8 Å². The fourth-order valence-corrected chi connectivity index (χ4v) is 7.32. The Labute approximate surface area is 216 Å². The van der Waals surface area contributed by atoms with E-state index in [0.29, 0.717) is 12.5 Å². The fraction of sp³-hybridized carbons (Fsp3) is 0.690. The van der Waals surface area contributed by atoms with Gasteiger partial charge in [-0.25, -0.2) is 0 Å². The van der Waals surface area contributed by atoms with Crippen molar-refractivity contribution in [3.8, 4) is 5.75 Å². The monoisotopic (exact) mass is 496 g/mol. The summed E-state index contributed by atoms with van der Waals surface area (Å²) in [7, 11) is 7.78. The van der Waals surface area contributed by atoms with Crippen LogP contribution in [0.1, 0.15) is 62.2 Å². The number of aliphatic hydroxyl groups is 1. The van der Waals surface area contributed by atoms with Gasteiger partial charge in [0.2, 0.25) is 5.91 Å². The van der Waals surface area contributed by atoms with Crippen molar-refractivity contribution in [3.05, 3.63) is 29.5 Å². The highest BCUT2D eigenvalue weighted by molar-refractivity contribution is 5.89. The molecule has 0 radical (unpaired) electrons. The Balaban J connectivity index is 1.55. The summed E-state index contributed by atoms with van der Waals surface area (Å²) in [6.45, 7) is 4.19. The predicted molar refractivity (Wildman–Crippen MR) is 143 cm³/mol. The van der Waals surface area contributed by atoms with Crippen molar-refractivity contribution < 1.29 is 14.6 Å². The van der Waals surface area contributed by atoms with Gasteiger partial charge in [0.15, 0.2) is 0 Å². The van der Waals surface area contributed by atoms with Gasteiger partial charge in [-0.2, -0.15) is 0 Å². The molecular weight excluding hydrogens is 452 g/mol. The smallest absolute Gasteiger partial charge is 0.236 e. The van der Waals surface area contributed by atoms with E-state index in [0.717, 1.165) is 44.8 Å². The summed E-state index contributed by atoms with van der Waals surface area (Å²) in [6.07, 6.45) is 8.54. The van der Waals surface area contributed by atoms with Crippen LogP contribution < -0.4 is 4.74 Å². The maximum atomic E-state index is 12.9. The molecule has 3 aliphatic rings. The van der Waals surface area contributed by atoms with Crippen molar-refractivity contribution in [2.45, 2.75) is 56.4 Å². The summed E-state index contributed by atoms with van der Waals surface area (Å²) in [5.41, 5.74) is 3.82. The minimum Gasteiger partial charge on any atom is -0.497 e. The number of likely N-dealkylation sites (tertiary alicyclic amines) is 1. The number of amides is 1. The Morgan fingerprint density at radius 3 is 2.53 bits per heavy atom. The summed E-state index contributed by atoms with van der Waals surface area (Å²) in [5, 5.41) is 12.0. The Morgan fingerprint density at radius 1 is 1.17 bits per heavy atom. The zero-order chi connectivity index (χ0) is 25.4. The second-order valence-corrected chi connectivity index (χ2v) is 11.7. The highest BCUT2D eigenvalue weighted by atomic mass is 16.5. The summed E-state index contributed by atoms with van der Waals surface area (Å²) in [4.78, 5) is 19.5. The molecular formula is C29H44N4O3. The molecule has 1 saturated carbocycles. The molecule has 1 amide bonds. The van der Waals surface area contributed by atoms with E-state index in [-0.39, 0.29) is 24.0 Å². The van der Waals surface area contributed by atoms with Crippen molar-refractivity contribution in [1.29, 1.82) is 0 Å². The number of aromatic nitrogens is 1. The molecule has 1 aromatic carbocycles. The number of aryl methyl sites for hydroxylation is 1. The molecule has 36 heavy (non-hydrogen) atoms. The molecule has 1 N–H and O–H groups in total. The third-order valence-electron chi connectivity index (χ3n) is 9.16. The van der Waals surface area contributed by atoms with Crippen LogP contribution in [-0.4, -0.2) is 90.8 Å². The molecule has 1 aliphatic carbocycles. The summed E-state index contributed by atoms with van der Waals surface area (Å²) >= 11 is 0. The van der Waals surface area contributed by atoms with Crippen LogP contribution in [0.15, 0.2) is 18.2 Å². The van der Waals surface area contributed by atoms with Gasteiger partial charge in [-0.15, -0.1) is 0 Å². The number of benzene rings is 1. The van der Waals surface area contributed by atoms with Crippen molar-refractivity contribution >= 4 is 16.8 Å². The molecule has 1 spiro atoms. The van der Waals surface area contributed by atoms with Crippen LogP contribution in [0.5, 0.6) is 5.75 Å². The Morgan fingerprint density at radius 2 is 1.89 bits per heavy atom. The molecule has 7 nitrogen and oxygen atoms in total. The number of methoxy groups -OCH3 is 1. The molecule has 2 fully saturated rings. The van der Waals surface area contributed by atoms with E-state index in [1.54, 1.807) is 7.11 Å². The molecule has 0 unspecified atom stereocenters. The van der Waals surface area contributed by atoms with E-state index in [1.165, 1.54) is 54.3 Å². The first-order valence-electron chi connectivity index (χ1n) is 13.8. The zero-order valence-electron chi connectivity index (χ0n) is 22.6. The number of fused-ring (bicyclic) bond motifs is 4. The van der Waals surface area contributed by atoms with Gasteiger partial charge < -0.3 is 24.2 Å². The van der Waals surface area contributed by atoms with Gasteiger partial charge in [0.1, 0.15) is 5.75 Å². The number of hydrogen-bond acceptors (Lipinski definition) is 5. The normalized spacial score (nSPS) is 22.9. The number of nitrogens with zero attached hydrogens (tertiary/aromatic N) is 4. The van der Waals surface area contributed by atoms with Crippen molar-refractivity contribution in [1.82, 2.24) is 19.3 Å². The Kier molecular flexibility index (Phi) is 7.34. The molecule has 2 aromatic rings. The maximum Gasteiger partial charge on any atom is 0.236 e. The Bertz CT molecular complexity index is 1080. The van der Waals surface area contributed by atoms with E-state index in [2.05, 4.69) is 39.6 Å². The average molecular weight is 497 g/mol. The largest absolute Gasteiger partial charge is 0.497 e. The van der Waals surface area contributed by atoms with E-state index in [1.807, 2.05) is 19.0 Å². The van der Waals surface area contributed by atoms with E-state index >= 15 is 0 Å². The number of hydrogen-bond donors (Lipinski definition) is 1. The fourth-order valence-electron chi connectivity index (χ4n) is 7.32. The first-order chi connectivity index (χ1) is 17.4. The number of aliphatic hydroxyl groups excluding tert-OH is 1. The van der Waals surface area contributed by atoms with Crippen LogP contribution >= 0.6 is 0 Å². The van der Waals surface area contributed by atoms with E-state index in [9.17, 15) is 9.90 Å². The standard InChI is InChI=1S/C29H44N4O3/c1-30(2)18-26(35)32-14-12-29(13-15-32)20-33(17-21-8-6-5-7-9-21)25(19-34)28-27(29)23-11-10-22(36-4)16-24(23)31(28)3/h10-11,16,21,25,34H,5-9,12-15,17-20H2,1-4H3/t25-/m1/s1. The molecule has 0 bridgehead atoms. The summed E-state index contributed by atoms with van der Waals surface area (Å²) in [6, 6.07) is 6.42. The average Bonchev–Trinajstić information content (AvgIpc) is 3.17. The zero-order valence-corrected chi connectivity index (χ0v) is 22.6. The van der Waals surface area contributed by atoms with Crippen LogP contribution in [0, 0.1) is 5.92 Å². The number of carbonyl (C=O) groups is 1. The predicted octanol–water partition coefficient (Wildman–Crippen LogP) is 3.54. The molecule has 1 aromatic heterocycles. The summed E-state index contributed by atoms with van der Waals surface area (Å²) in [5.74, 6) is 1.79. The van der Waals surface area contributed by atoms with Gasteiger partial charge in [-0.05, 0) is 63.4 Å². The molecule has 198 valence electrons. The molecule has 3 heterocycles. The van der Waals surface area contributed by atoms with Gasteiger partial charge in [-0.3, -0.25) is 9.69 Å². The SMILES string of the molecule is COc1ccc2c3c(n(C)c2c1)[C@@H](CO)N(CC1CCCCC1)CC31CCN(C(=O)CN(C)C)CC1. The lowest BCUT2D eigenvalue weighted by Gasteiger charge is -2.51. The second kappa shape index (κ2) is 10.3. The first-order valence-corrected chi connectivity index (χ1v) is 13.8. The number of likely N-dealkylation sites (N-methyl/N-ethyl adjacent to an activating group) is 1. The number of piperidine rings is 1. The minimum absolute atomic E-state index is 0.00403. The quantitative estimate of drug-likeness (QED) is 0.663. The number of rotatable bonds is 6. The molecule has 5 rings (SSSR count). The molecule has 1 saturated heterocycles. The van der Waals surface area contributed by atoms with Crippen LogP contribution in [0.3, 0.4) is 0 Å².